The maximum absolute atomic E-state index is 2.70. The van der Waals surface area contributed by atoms with E-state index in [1.165, 1.54) is 51.6 Å². The number of likely N-dealkylation sites (tertiary alicyclic amines) is 1. The van der Waals surface area contributed by atoms with Gasteiger partial charge in [-0.25, -0.2) is 0 Å². The molecular weight excluding hydrogens is 170 g/mol. The lowest BCUT2D eigenvalue weighted by Crippen LogP contribution is -2.39. The van der Waals surface area contributed by atoms with Crippen molar-refractivity contribution in [1.82, 2.24) is 4.90 Å². The molecule has 1 rings (SSSR count). The summed E-state index contributed by atoms with van der Waals surface area (Å²) in [4.78, 5) is 2.70. The molecule has 0 N–H and O–H groups in total. The Morgan fingerprint density at radius 2 is 1.79 bits per heavy atom. The van der Waals surface area contributed by atoms with E-state index in [0.29, 0.717) is 0 Å². The van der Waals surface area contributed by atoms with E-state index in [0.717, 1.165) is 6.04 Å². The molecule has 1 nitrogen and oxygen atoms in total. The van der Waals surface area contributed by atoms with E-state index in [1.807, 2.05) is 13.8 Å². The summed E-state index contributed by atoms with van der Waals surface area (Å²) in [6.45, 7) is 11.3. The highest BCUT2D eigenvalue weighted by atomic mass is 15.2. The Kier molecular flexibility index (Phi) is 9.49. The van der Waals surface area contributed by atoms with Gasteiger partial charge in [-0.2, -0.15) is 0 Å². The molecule has 86 valence electrons. The Labute approximate surface area is 90.9 Å². The molecule has 0 saturated carbocycles. The minimum absolute atomic E-state index is 0.920. The molecule has 1 atom stereocenters. The van der Waals surface area contributed by atoms with Gasteiger partial charge in [0.2, 0.25) is 0 Å². The van der Waals surface area contributed by atoms with Gasteiger partial charge < -0.3 is 4.90 Å². The van der Waals surface area contributed by atoms with Gasteiger partial charge >= 0.3 is 0 Å². The molecule has 0 bridgehead atoms. The molecule has 1 aliphatic heterocycles. The van der Waals surface area contributed by atoms with Crippen molar-refractivity contribution in [3.8, 4) is 0 Å². The third-order valence-corrected chi connectivity index (χ3v) is 2.88. The molecule has 1 saturated heterocycles. The highest BCUT2D eigenvalue weighted by molar-refractivity contribution is 4.75. The Bertz CT molecular complexity index is 93.8. The second kappa shape index (κ2) is 9.51. The second-order valence-electron chi connectivity index (χ2n) is 3.97. The predicted molar refractivity (Wildman–Crippen MR) is 65.8 cm³/mol. The van der Waals surface area contributed by atoms with Gasteiger partial charge in [0.05, 0.1) is 0 Å². The average molecular weight is 199 g/mol. The first-order valence-electron chi connectivity index (χ1n) is 6.62. The smallest absolute Gasteiger partial charge is 0.00951 e. The molecule has 0 aromatic carbocycles. The number of hydrogen-bond donors (Lipinski definition) is 0. The van der Waals surface area contributed by atoms with Crippen LogP contribution in [0.3, 0.4) is 0 Å². The van der Waals surface area contributed by atoms with Crippen LogP contribution in [0.2, 0.25) is 0 Å². The molecule has 1 unspecified atom stereocenters. The van der Waals surface area contributed by atoms with Crippen LogP contribution in [0.4, 0.5) is 0 Å². The monoisotopic (exact) mass is 199 g/mol. The number of rotatable bonds is 4. The van der Waals surface area contributed by atoms with E-state index in [9.17, 15) is 0 Å². The summed E-state index contributed by atoms with van der Waals surface area (Å²) in [6, 6.07) is 0.920. The summed E-state index contributed by atoms with van der Waals surface area (Å²) in [5.74, 6) is 0. The van der Waals surface area contributed by atoms with Gasteiger partial charge in [-0.3, -0.25) is 0 Å². The zero-order valence-corrected chi connectivity index (χ0v) is 10.7. The fourth-order valence-corrected chi connectivity index (χ4v) is 2.30. The fraction of sp³-hybridized carbons (Fsp3) is 1.00. The fourth-order valence-electron chi connectivity index (χ4n) is 2.30. The van der Waals surface area contributed by atoms with Crippen LogP contribution in [-0.4, -0.2) is 24.0 Å². The highest BCUT2D eigenvalue weighted by Gasteiger charge is 2.19. The molecule has 0 aromatic rings. The van der Waals surface area contributed by atoms with Crippen LogP contribution in [0.15, 0.2) is 0 Å². The SMILES string of the molecule is CC.CCCC1CCCCN1CCC. The maximum Gasteiger partial charge on any atom is 0.00951 e. The topological polar surface area (TPSA) is 3.24 Å². The van der Waals surface area contributed by atoms with Crippen molar-refractivity contribution >= 4 is 0 Å². The van der Waals surface area contributed by atoms with E-state index in [4.69, 9.17) is 0 Å². The molecule has 14 heavy (non-hydrogen) atoms. The lowest BCUT2D eigenvalue weighted by Gasteiger charge is -2.35. The lowest BCUT2D eigenvalue weighted by molar-refractivity contribution is 0.140. The highest BCUT2D eigenvalue weighted by Crippen LogP contribution is 2.20. The summed E-state index contributed by atoms with van der Waals surface area (Å²) >= 11 is 0. The minimum Gasteiger partial charge on any atom is -0.300 e. The van der Waals surface area contributed by atoms with Gasteiger partial charge in [-0.15, -0.1) is 0 Å². The minimum atomic E-state index is 0.920. The Morgan fingerprint density at radius 3 is 2.36 bits per heavy atom. The summed E-state index contributed by atoms with van der Waals surface area (Å²) in [5.41, 5.74) is 0. The molecule has 1 heterocycles. The Hall–Kier alpha value is -0.0400. The van der Waals surface area contributed by atoms with E-state index in [2.05, 4.69) is 18.7 Å². The van der Waals surface area contributed by atoms with Crippen molar-refractivity contribution in [3.63, 3.8) is 0 Å². The maximum atomic E-state index is 2.70. The lowest BCUT2D eigenvalue weighted by atomic mass is 9.98. The zero-order valence-electron chi connectivity index (χ0n) is 10.7. The van der Waals surface area contributed by atoms with Crippen molar-refractivity contribution in [2.75, 3.05) is 13.1 Å². The molecule has 0 spiro atoms. The van der Waals surface area contributed by atoms with E-state index >= 15 is 0 Å². The Balaban J connectivity index is 0.000000791. The Morgan fingerprint density at radius 1 is 1.07 bits per heavy atom. The van der Waals surface area contributed by atoms with Crippen LogP contribution in [0.25, 0.3) is 0 Å². The third-order valence-electron chi connectivity index (χ3n) is 2.88. The normalized spacial score (nSPS) is 22.7. The predicted octanol–water partition coefficient (Wildman–Crippen LogP) is 4.08. The van der Waals surface area contributed by atoms with Crippen molar-refractivity contribution in [2.24, 2.45) is 0 Å². The first-order valence-corrected chi connectivity index (χ1v) is 6.62. The van der Waals surface area contributed by atoms with E-state index in [-0.39, 0.29) is 0 Å². The molecule has 0 aromatic heterocycles. The third kappa shape index (κ3) is 4.99. The molecule has 1 heteroatoms. The van der Waals surface area contributed by atoms with E-state index < -0.39 is 0 Å². The average Bonchev–Trinajstić information content (AvgIpc) is 2.25. The second-order valence-corrected chi connectivity index (χ2v) is 3.97. The summed E-state index contributed by atoms with van der Waals surface area (Å²) in [6.07, 6.45) is 8.43. The molecule has 1 fully saturated rings. The van der Waals surface area contributed by atoms with Gasteiger partial charge in [-0.1, -0.05) is 40.5 Å². The van der Waals surface area contributed by atoms with Crippen LogP contribution < -0.4 is 0 Å². The summed E-state index contributed by atoms with van der Waals surface area (Å²) in [7, 11) is 0. The summed E-state index contributed by atoms with van der Waals surface area (Å²) < 4.78 is 0. The van der Waals surface area contributed by atoms with Crippen molar-refractivity contribution in [2.45, 2.75) is 72.3 Å². The van der Waals surface area contributed by atoms with E-state index in [1.54, 1.807) is 0 Å². The van der Waals surface area contributed by atoms with Crippen LogP contribution in [0, 0.1) is 0 Å². The summed E-state index contributed by atoms with van der Waals surface area (Å²) in [5, 5.41) is 0. The molecule has 0 radical (unpaired) electrons. The van der Waals surface area contributed by atoms with Crippen LogP contribution >= 0.6 is 0 Å². The van der Waals surface area contributed by atoms with Crippen LogP contribution in [0.5, 0.6) is 0 Å². The van der Waals surface area contributed by atoms with Gasteiger partial charge in [0, 0.05) is 6.04 Å². The van der Waals surface area contributed by atoms with Crippen molar-refractivity contribution < 1.29 is 0 Å². The standard InChI is InChI=1S/C11H23N.C2H6/c1-3-7-11-8-5-6-10-12(11)9-4-2;1-2/h11H,3-10H2,1-2H3;1-2H3. The first kappa shape index (κ1) is 14.0. The van der Waals surface area contributed by atoms with Crippen LogP contribution in [-0.2, 0) is 0 Å². The van der Waals surface area contributed by atoms with Crippen molar-refractivity contribution in [3.05, 3.63) is 0 Å². The van der Waals surface area contributed by atoms with Gasteiger partial charge in [0.25, 0.3) is 0 Å². The largest absolute Gasteiger partial charge is 0.300 e. The quantitative estimate of drug-likeness (QED) is 0.659. The van der Waals surface area contributed by atoms with Crippen molar-refractivity contribution in [1.29, 1.82) is 0 Å². The van der Waals surface area contributed by atoms with Gasteiger partial charge in [0.1, 0.15) is 0 Å². The molecule has 0 aliphatic carbocycles. The molecule has 0 amide bonds. The number of nitrogens with zero attached hydrogens (tertiary/aromatic N) is 1. The van der Waals surface area contributed by atoms with Gasteiger partial charge in [-0.05, 0) is 38.8 Å². The first-order chi connectivity index (χ1) is 6.88. The molecular formula is C13H29N. The van der Waals surface area contributed by atoms with Gasteiger partial charge in [0.15, 0.2) is 0 Å². The zero-order chi connectivity index (χ0) is 10.8. The number of piperidine rings is 1. The molecule has 1 aliphatic rings. The number of hydrogen-bond acceptors (Lipinski definition) is 1. The van der Waals surface area contributed by atoms with Crippen LogP contribution in [0.1, 0.15) is 66.2 Å².